The first-order valence-corrected chi connectivity index (χ1v) is 6.20. The Labute approximate surface area is 111 Å². The van der Waals surface area contributed by atoms with Crippen molar-refractivity contribution >= 4 is 17.4 Å². The first-order chi connectivity index (χ1) is 8.74. The number of nitrogens with one attached hydrogen (secondary N) is 1. The molecule has 1 aromatic rings. The molecule has 2 heterocycles. The van der Waals surface area contributed by atoms with Gasteiger partial charge in [-0.1, -0.05) is 11.6 Å². The number of aromatic nitrogens is 2. The molecule has 1 aromatic heterocycles. The Morgan fingerprint density at radius 3 is 3.22 bits per heavy atom. The average molecular weight is 273 g/mol. The number of likely N-dealkylation sites (N-methyl/N-ethyl adjacent to an activating group) is 1. The number of nitrogens with zero attached hydrogens (tertiary/aromatic N) is 3. The van der Waals surface area contributed by atoms with Crippen LogP contribution in [0.15, 0.2) is 6.20 Å². The van der Waals surface area contributed by atoms with Gasteiger partial charge in [0.05, 0.1) is 26.0 Å². The lowest BCUT2D eigenvalue weighted by atomic mass is 10.2. The maximum Gasteiger partial charge on any atom is 0.318 e. The van der Waals surface area contributed by atoms with Gasteiger partial charge in [-0.15, -0.1) is 0 Å². The van der Waals surface area contributed by atoms with Gasteiger partial charge in [-0.3, -0.25) is 0 Å². The summed E-state index contributed by atoms with van der Waals surface area (Å²) in [6.45, 7) is 2.98. The van der Waals surface area contributed by atoms with Gasteiger partial charge in [0.25, 0.3) is 0 Å². The van der Waals surface area contributed by atoms with Crippen LogP contribution in [0, 0.1) is 0 Å². The van der Waals surface area contributed by atoms with Crippen LogP contribution in [-0.2, 0) is 4.74 Å². The Morgan fingerprint density at radius 2 is 2.50 bits per heavy atom. The molecule has 0 spiro atoms. The van der Waals surface area contributed by atoms with Crippen LogP contribution in [0.1, 0.15) is 0 Å². The molecule has 1 unspecified atom stereocenters. The van der Waals surface area contributed by atoms with E-state index in [1.807, 2.05) is 7.05 Å². The molecular formula is C11H17ClN4O2. The van der Waals surface area contributed by atoms with Gasteiger partial charge in [0.2, 0.25) is 0 Å². The van der Waals surface area contributed by atoms with Gasteiger partial charge >= 0.3 is 6.01 Å². The van der Waals surface area contributed by atoms with E-state index >= 15 is 0 Å². The van der Waals surface area contributed by atoms with Crippen molar-refractivity contribution in [1.29, 1.82) is 0 Å². The topological polar surface area (TPSA) is 59.5 Å². The molecule has 100 valence electrons. The molecule has 6 nitrogen and oxygen atoms in total. The molecule has 0 aromatic carbocycles. The fraction of sp³-hybridized carbons (Fsp3) is 0.636. The SMILES string of the molecule is CNCC1CN(c2nc(OC)ncc2Cl)CCO1. The third kappa shape index (κ3) is 3.01. The van der Waals surface area contributed by atoms with E-state index in [4.69, 9.17) is 21.1 Å². The predicted molar refractivity (Wildman–Crippen MR) is 69.5 cm³/mol. The van der Waals surface area contributed by atoms with Crippen LogP contribution in [0.25, 0.3) is 0 Å². The second-order valence-electron chi connectivity index (χ2n) is 4.02. The van der Waals surface area contributed by atoms with Gasteiger partial charge in [-0.2, -0.15) is 4.98 Å². The maximum absolute atomic E-state index is 6.13. The lowest BCUT2D eigenvalue weighted by Gasteiger charge is -2.34. The number of rotatable bonds is 4. The van der Waals surface area contributed by atoms with Crippen LogP contribution in [0.4, 0.5) is 5.82 Å². The number of anilines is 1. The van der Waals surface area contributed by atoms with Crippen LogP contribution in [0.3, 0.4) is 0 Å². The standard InChI is InChI=1S/C11H17ClN4O2/c1-13-5-8-7-16(3-4-18-8)10-9(12)6-14-11(15-10)17-2/h6,8,13H,3-5,7H2,1-2H3. The highest BCUT2D eigenvalue weighted by Gasteiger charge is 2.23. The van der Waals surface area contributed by atoms with Gasteiger partial charge in [0.1, 0.15) is 5.02 Å². The molecule has 2 rings (SSSR count). The third-order valence-electron chi connectivity index (χ3n) is 2.76. The summed E-state index contributed by atoms with van der Waals surface area (Å²) in [5.74, 6) is 0.702. The van der Waals surface area contributed by atoms with E-state index in [0.717, 1.165) is 19.6 Å². The fourth-order valence-corrected chi connectivity index (χ4v) is 2.14. The quantitative estimate of drug-likeness (QED) is 0.865. The minimum atomic E-state index is 0.140. The minimum absolute atomic E-state index is 0.140. The summed E-state index contributed by atoms with van der Waals surface area (Å²) in [5.41, 5.74) is 0. The zero-order valence-electron chi connectivity index (χ0n) is 10.5. The Hall–Kier alpha value is -1.11. The Bertz CT molecular complexity index is 403. The molecule has 0 saturated carbocycles. The zero-order chi connectivity index (χ0) is 13.0. The number of ether oxygens (including phenoxy) is 2. The van der Waals surface area contributed by atoms with E-state index in [2.05, 4.69) is 20.2 Å². The molecule has 7 heteroatoms. The Balaban J connectivity index is 2.14. The molecule has 0 aliphatic carbocycles. The van der Waals surface area contributed by atoms with Crippen LogP contribution in [0.5, 0.6) is 6.01 Å². The average Bonchev–Trinajstić information content (AvgIpc) is 2.40. The largest absolute Gasteiger partial charge is 0.467 e. The normalized spacial score (nSPS) is 19.9. The predicted octanol–water partition coefficient (Wildman–Crippen LogP) is 0.563. The van der Waals surface area contributed by atoms with Crippen LogP contribution in [0.2, 0.25) is 5.02 Å². The fourth-order valence-electron chi connectivity index (χ4n) is 1.93. The van der Waals surface area contributed by atoms with Crippen molar-refractivity contribution in [2.75, 3.05) is 45.3 Å². The number of halogens is 1. The van der Waals surface area contributed by atoms with Gasteiger partial charge in [-0.05, 0) is 7.05 Å². The number of hydrogen-bond acceptors (Lipinski definition) is 6. The van der Waals surface area contributed by atoms with Crippen LogP contribution >= 0.6 is 11.6 Å². The Kier molecular flexibility index (Phi) is 4.57. The smallest absolute Gasteiger partial charge is 0.318 e. The van der Waals surface area contributed by atoms with Crippen molar-refractivity contribution in [2.45, 2.75) is 6.10 Å². The monoisotopic (exact) mass is 272 g/mol. The van der Waals surface area contributed by atoms with E-state index in [1.165, 1.54) is 7.11 Å². The maximum atomic E-state index is 6.13. The van der Waals surface area contributed by atoms with E-state index in [0.29, 0.717) is 23.5 Å². The lowest BCUT2D eigenvalue weighted by Crippen LogP contribution is -2.46. The highest BCUT2D eigenvalue weighted by atomic mass is 35.5. The van der Waals surface area contributed by atoms with Gasteiger partial charge in [0.15, 0.2) is 5.82 Å². The molecule has 1 aliphatic rings. The number of morpholine rings is 1. The summed E-state index contributed by atoms with van der Waals surface area (Å²) in [6.07, 6.45) is 1.70. The summed E-state index contributed by atoms with van der Waals surface area (Å²) in [4.78, 5) is 10.4. The van der Waals surface area contributed by atoms with Crippen LogP contribution < -0.4 is 15.0 Å². The molecule has 0 amide bonds. The van der Waals surface area contributed by atoms with Crippen molar-refractivity contribution in [2.24, 2.45) is 0 Å². The molecule has 1 aliphatic heterocycles. The summed E-state index contributed by atoms with van der Waals surface area (Å²) in [7, 11) is 3.44. The van der Waals surface area contributed by atoms with Crippen molar-refractivity contribution < 1.29 is 9.47 Å². The molecule has 18 heavy (non-hydrogen) atoms. The molecular weight excluding hydrogens is 256 g/mol. The van der Waals surface area contributed by atoms with Gasteiger partial charge in [0, 0.05) is 19.6 Å². The summed E-state index contributed by atoms with van der Waals surface area (Å²) >= 11 is 6.13. The van der Waals surface area contributed by atoms with Crippen molar-refractivity contribution in [3.63, 3.8) is 0 Å². The zero-order valence-corrected chi connectivity index (χ0v) is 11.3. The van der Waals surface area contributed by atoms with Crippen molar-refractivity contribution in [3.8, 4) is 6.01 Å². The van der Waals surface area contributed by atoms with Crippen molar-refractivity contribution in [1.82, 2.24) is 15.3 Å². The van der Waals surface area contributed by atoms with E-state index < -0.39 is 0 Å². The molecule has 1 N–H and O–H groups in total. The molecule has 1 fully saturated rings. The number of hydrogen-bond donors (Lipinski definition) is 1. The van der Waals surface area contributed by atoms with E-state index in [9.17, 15) is 0 Å². The lowest BCUT2D eigenvalue weighted by molar-refractivity contribution is 0.0418. The first kappa shape index (κ1) is 13.3. The minimum Gasteiger partial charge on any atom is -0.467 e. The second-order valence-corrected chi connectivity index (χ2v) is 4.43. The highest BCUT2D eigenvalue weighted by molar-refractivity contribution is 6.32. The number of methoxy groups -OCH3 is 1. The molecule has 1 saturated heterocycles. The second kappa shape index (κ2) is 6.17. The molecule has 1 atom stereocenters. The summed E-state index contributed by atoms with van der Waals surface area (Å²) < 4.78 is 10.7. The van der Waals surface area contributed by atoms with Crippen LogP contribution in [-0.4, -0.2) is 56.5 Å². The van der Waals surface area contributed by atoms with Gasteiger partial charge in [-0.25, -0.2) is 4.98 Å². The summed E-state index contributed by atoms with van der Waals surface area (Å²) in [6, 6.07) is 0.325. The van der Waals surface area contributed by atoms with Gasteiger partial charge < -0.3 is 19.7 Å². The van der Waals surface area contributed by atoms with Crippen molar-refractivity contribution in [3.05, 3.63) is 11.2 Å². The Morgan fingerprint density at radius 1 is 1.67 bits per heavy atom. The molecule has 0 bridgehead atoms. The van der Waals surface area contributed by atoms with E-state index in [1.54, 1.807) is 6.20 Å². The highest BCUT2D eigenvalue weighted by Crippen LogP contribution is 2.25. The summed E-state index contributed by atoms with van der Waals surface area (Å²) in [5, 5.41) is 3.63. The first-order valence-electron chi connectivity index (χ1n) is 5.82. The molecule has 0 radical (unpaired) electrons. The third-order valence-corrected chi connectivity index (χ3v) is 3.02. The van der Waals surface area contributed by atoms with E-state index in [-0.39, 0.29) is 6.10 Å².